The number of aliphatic hydroxyl groups excluding tert-OH is 1. The smallest absolute Gasteiger partial charge is 0.314 e. The Morgan fingerprint density at radius 1 is 1.42 bits per heavy atom. The van der Waals surface area contributed by atoms with Crippen molar-refractivity contribution < 1.29 is 14.6 Å². The van der Waals surface area contributed by atoms with E-state index in [2.05, 4.69) is 26.8 Å². The normalized spacial score (nSPS) is 17.2. The average Bonchev–Trinajstić information content (AvgIpc) is 2.35. The molecule has 0 aromatic rings. The van der Waals surface area contributed by atoms with E-state index < -0.39 is 11.5 Å². The van der Waals surface area contributed by atoms with E-state index >= 15 is 0 Å². The topological polar surface area (TPSA) is 46.5 Å². The molecule has 112 valence electrons. The third-order valence-corrected chi connectivity index (χ3v) is 3.96. The van der Waals surface area contributed by atoms with Crippen LogP contribution in [0.15, 0.2) is 11.6 Å². The summed E-state index contributed by atoms with van der Waals surface area (Å²) in [7, 11) is 1.38. The van der Waals surface area contributed by atoms with Crippen molar-refractivity contribution >= 4 is 5.97 Å². The number of hydrogen-bond donors (Lipinski definition) is 1. The minimum atomic E-state index is -0.792. The Labute approximate surface area is 118 Å². The molecule has 0 spiro atoms. The van der Waals surface area contributed by atoms with E-state index in [9.17, 15) is 9.90 Å². The van der Waals surface area contributed by atoms with Gasteiger partial charge in [0.25, 0.3) is 0 Å². The second kappa shape index (κ2) is 8.36. The molecule has 0 saturated carbocycles. The van der Waals surface area contributed by atoms with Crippen LogP contribution in [-0.4, -0.2) is 24.3 Å². The van der Waals surface area contributed by atoms with E-state index in [0.717, 1.165) is 12.8 Å². The van der Waals surface area contributed by atoms with Gasteiger partial charge in [0.1, 0.15) is 0 Å². The summed E-state index contributed by atoms with van der Waals surface area (Å²) in [6.45, 7) is 9.99. The Balaban J connectivity index is 4.44. The molecule has 0 unspecified atom stereocenters. The van der Waals surface area contributed by atoms with Gasteiger partial charge in [-0.15, -0.1) is 0 Å². The van der Waals surface area contributed by atoms with Crippen molar-refractivity contribution in [2.24, 2.45) is 11.3 Å². The first-order valence-corrected chi connectivity index (χ1v) is 7.17. The van der Waals surface area contributed by atoms with E-state index in [0.29, 0.717) is 18.8 Å². The van der Waals surface area contributed by atoms with Crippen LogP contribution in [0.2, 0.25) is 0 Å². The van der Waals surface area contributed by atoms with Crippen LogP contribution in [0.25, 0.3) is 0 Å². The Kier molecular flexibility index (Phi) is 8.00. The molecule has 0 bridgehead atoms. The zero-order valence-electron chi connectivity index (χ0n) is 13.3. The minimum Gasteiger partial charge on any atom is -0.469 e. The van der Waals surface area contributed by atoms with Gasteiger partial charge in [0.15, 0.2) is 0 Å². The Morgan fingerprint density at radius 2 is 2.00 bits per heavy atom. The molecule has 0 aromatic carbocycles. The minimum absolute atomic E-state index is 0.320. The number of rotatable bonds is 8. The first kappa shape index (κ1) is 18.2. The Bertz CT molecular complexity index is 305. The molecule has 0 aliphatic carbocycles. The van der Waals surface area contributed by atoms with Crippen molar-refractivity contribution in [1.82, 2.24) is 0 Å². The summed E-state index contributed by atoms with van der Waals surface area (Å²) in [5.41, 5.74) is 0.528. The molecule has 3 heteroatoms. The van der Waals surface area contributed by atoms with Crippen LogP contribution in [-0.2, 0) is 9.53 Å². The highest BCUT2D eigenvalue weighted by Crippen LogP contribution is 2.32. The third-order valence-electron chi connectivity index (χ3n) is 3.96. The molecule has 1 N–H and O–H groups in total. The van der Waals surface area contributed by atoms with Crippen molar-refractivity contribution in [3.05, 3.63) is 11.6 Å². The van der Waals surface area contributed by atoms with Gasteiger partial charge in [-0.1, -0.05) is 25.5 Å². The van der Waals surface area contributed by atoms with Crippen molar-refractivity contribution in [3.8, 4) is 0 Å². The maximum Gasteiger partial charge on any atom is 0.314 e. The van der Waals surface area contributed by atoms with Gasteiger partial charge in [-0.2, -0.15) is 0 Å². The quantitative estimate of drug-likeness (QED) is 0.540. The molecule has 0 aliphatic heterocycles. The fourth-order valence-corrected chi connectivity index (χ4v) is 2.16. The fourth-order valence-electron chi connectivity index (χ4n) is 2.16. The van der Waals surface area contributed by atoms with Crippen molar-refractivity contribution in [3.63, 3.8) is 0 Å². The average molecular weight is 270 g/mol. The molecule has 0 amide bonds. The zero-order valence-corrected chi connectivity index (χ0v) is 13.3. The number of esters is 1. The SMILES string of the molecule is CC[C@@](C)(C(=O)OC)[C@@H](O)C[C@H](C)CCC=C(C)C. The van der Waals surface area contributed by atoms with Gasteiger partial charge in [0.05, 0.1) is 18.6 Å². The predicted octanol–water partition coefficient (Wildman–Crippen LogP) is 3.71. The van der Waals surface area contributed by atoms with Crippen LogP contribution in [0.4, 0.5) is 0 Å². The third kappa shape index (κ3) is 5.77. The number of carbonyl (C=O) groups excluding carboxylic acids is 1. The number of methoxy groups -OCH3 is 1. The molecule has 3 atom stereocenters. The van der Waals surface area contributed by atoms with E-state index in [1.165, 1.54) is 12.7 Å². The lowest BCUT2D eigenvalue weighted by Crippen LogP contribution is -2.41. The second-order valence-electron chi connectivity index (χ2n) is 5.98. The Morgan fingerprint density at radius 3 is 2.42 bits per heavy atom. The molecular formula is C16H30O3. The molecule has 0 rings (SSSR count). The van der Waals surface area contributed by atoms with Crippen LogP contribution in [0.3, 0.4) is 0 Å². The highest BCUT2D eigenvalue weighted by atomic mass is 16.5. The molecule has 0 fully saturated rings. The summed E-state index contributed by atoms with van der Waals surface area (Å²) in [4.78, 5) is 11.8. The number of ether oxygens (including phenoxy) is 1. The number of allylic oxidation sites excluding steroid dienone is 2. The van der Waals surface area contributed by atoms with Crippen molar-refractivity contribution in [2.75, 3.05) is 7.11 Å². The van der Waals surface area contributed by atoms with Crippen molar-refractivity contribution in [1.29, 1.82) is 0 Å². The molecule has 0 saturated heterocycles. The van der Waals surface area contributed by atoms with Gasteiger partial charge >= 0.3 is 5.97 Å². The monoisotopic (exact) mass is 270 g/mol. The summed E-state index contributed by atoms with van der Waals surface area (Å²) in [5, 5.41) is 10.3. The van der Waals surface area contributed by atoms with Crippen LogP contribution in [0.1, 0.15) is 60.3 Å². The lowest BCUT2D eigenvalue weighted by Gasteiger charge is -2.32. The number of aliphatic hydroxyl groups is 1. The molecule has 3 nitrogen and oxygen atoms in total. The number of hydrogen-bond acceptors (Lipinski definition) is 3. The van der Waals surface area contributed by atoms with Crippen LogP contribution in [0.5, 0.6) is 0 Å². The summed E-state index contributed by atoms with van der Waals surface area (Å²) in [6.07, 6.45) is 4.84. The standard InChI is InChI=1S/C16H30O3/c1-7-16(5,15(18)19-6)14(17)11-13(4)10-8-9-12(2)3/h9,13-14,17H,7-8,10-11H2,1-6H3/t13-,14+,16-/m1/s1. The summed E-state index contributed by atoms with van der Waals surface area (Å²) in [6, 6.07) is 0. The maximum atomic E-state index is 11.8. The van der Waals surface area contributed by atoms with Gasteiger partial charge < -0.3 is 9.84 Å². The molecule has 0 aromatic heterocycles. The molecular weight excluding hydrogens is 240 g/mol. The zero-order chi connectivity index (χ0) is 15.1. The van der Waals surface area contributed by atoms with E-state index in [1.54, 1.807) is 6.92 Å². The van der Waals surface area contributed by atoms with E-state index in [-0.39, 0.29) is 5.97 Å². The van der Waals surface area contributed by atoms with Gasteiger partial charge in [0.2, 0.25) is 0 Å². The molecule has 0 aliphatic rings. The van der Waals surface area contributed by atoms with Crippen LogP contribution in [0, 0.1) is 11.3 Å². The summed E-state index contributed by atoms with van der Waals surface area (Å²) >= 11 is 0. The lowest BCUT2D eigenvalue weighted by molar-refractivity contribution is -0.160. The largest absolute Gasteiger partial charge is 0.469 e. The Hall–Kier alpha value is -0.830. The maximum absolute atomic E-state index is 11.8. The van der Waals surface area contributed by atoms with Gasteiger partial charge in [0, 0.05) is 0 Å². The van der Waals surface area contributed by atoms with Gasteiger partial charge in [-0.25, -0.2) is 0 Å². The molecule has 0 heterocycles. The van der Waals surface area contributed by atoms with Crippen molar-refractivity contribution in [2.45, 2.75) is 66.4 Å². The highest BCUT2D eigenvalue weighted by molar-refractivity contribution is 5.76. The van der Waals surface area contributed by atoms with Crippen LogP contribution >= 0.6 is 0 Å². The predicted molar refractivity (Wildman–Crippen MR) is 78.9 cm³/mol. The fraction of sp³-hybridized carbons (Fsp3) is 0.812. The van der Waals surface area contributed by atoms with E-state index in [1.807, 2.05) is 6.92 Å². The highest BCUT2D eigenvalue weighted by Gasteiger charge is 2.40. The lowest BCUT2D eigenvalue weighted by atomic mass is 9.77. The summed E-state index contributed by atoms with van der Waals surface area (Å²) in [5.74, 6) is 0.0696. The van der Waals surface area contributed by atoms with Gasteiger partial charge in [-0.05, 0) is 52.4 Å². The molecule has 0 radical (unpaired) electrons. The van der Waals surface area contributed by atoms with Crippen LogP contribution < -0.4 is 0 Å². The first-order valence-electron chi connectivity index (χ1n) is 7.17. The van der Waals surface area contributed by atoms with E-state index in [4.69, 9.17) is 4.74 Å². The molecule has 19 heavy (non-hydrogen) atoms. The summed E-state index contributed by atoms with van der Waals surface area (Å²) < 4.78 is 4.81. The van der Waals surface area contributed by atoms with Gasteiger partial charge in [-0.3, -0.25) is 4.79 Å². The second-order valence-corrected chi connectivity index (χ2v) is 5.98. The first-order chi connectivity index (χ1) is 8.77. The number of carbonyl (C=O) groups is 1.